The molecule has 0 radical (unpaired) electrons. The minimum absolute atomic E-state index is 0.145. The largest absolute Gasteiger partial charge is 0.456 e. The predicted molar refractivity (Wildman–Crippen MR) is 129 cm³/mol. The van der Waals surface area contributed by atoms with E-state index in [9.17, 15) is 4.39 Å². The molecule has 2 unspecified atom stereocenters. The van der Waals surface area contributed by atoms with Crippen LogP contribution < -0.4 is 15.1 Å². The fourth-order valence-corrected chi connectivity index (χ4v) is 5.74. The van der Waals surface area contributed by atoms with Gasteiger partial charge in [-0.25, -0.2) is 13.8 Å². The number of furan rings is 1. The number of piperazine rings is 1. The molecule has 0 saturated carbocycles. The molecular weight excluding hydrogens is 438 g/mol. The maximum Gasteiger partial charge on any atom is 0.228 e. The minimum Gasteiger partial charge on any atom is -0.456 e. The second-order valence-corrected chi connectivity index (χ2v) is 10.1. The van der Waals surface area contributed by atoms with Crippen LogP contribution in [0.1, 0.15) is 12.8 Å². The highest BCUT2D eigenvalue weighted by Crippen LogP contribution is 2.40. The molecule has 9 heteroatoms. The van der Waals surface area contributed by atoms with Crippen molar-refractivity contribution in [1.82, 2.24) is 20.2 Å². The summed E-state index contributed by atoms with van der Waals surface area (Å²) >= 11 is 0. The van der Waals surface area contributed by atoms with Crippen LogP contribution in [0.25, 0.3) is 32.8 Å². The van der Waals surface area contributed by atoms with Crippen LogP contribution >= 0.6 is 0 Å². The van der Waals surface area contributed by atoms with Gasteiger partial charge in [-0.3, -0.25) is 0 Å². The van der Waals surface area contributed by atoms with Crippen molar-refractivity contribution in [1.29, 1.82) is 0 Å². The first kappa shape index (κ1) is 20.3. The number of halogens is 2. The number of benzene rings is 2. The number of likely N-dealkylation sites (N-methyl/N-ethyl adjacent to an activating group) is 1. The van der Waals surface area contributed by atoms with Gasteiger partial charge >= 0.3 is 0 Å². The molecule has 1 N–H and O–H groups in total. The molecule has 176 valence electrons. The molecule has 0 amide bonds. The van der Waals surface area contributed by atoms with E-state index in [-0.39, 0.29) is 16.3 Å². The van der Waals surface area contributed by atoms with Crippen LogP contribution in [0.15, 0.2) is 28.7 Å². The monoisotopic (exact) mass is 464 g/mol. The standard InChI is InChI=1S/C25H26F2N6O/c1-31(2)15-11-33(12-15)25-29-23-16(24(30-25)32-9-13-6-7-14(10-32)28-13)8-19-21(22(23)27)20-17(26)4-3-5-18(20)34-19/h3-5,8,13-15,28H,6-7,9-12H2,1-2H3. The normalized spacial score (nSPS) is 23.1. The molecule has 4 aromatic rings. The molecule has 34 heavy (non-hydrogen) atoms. The van der Waals surface area contributed by atoms with Gasteiger partial charge in [0.15, 0.2) is 5.82 Å². The Morgan fingerprint density at radius 2 is 1.74 bits per heavy atom. The van der Waals surface area contributed by atoms with Gasteiger partial charge in [0.2, 0.25) is 5.95 Å². The average molecular weight is 465 g/mol. The molecule has 7 nitrogen and oxygen atoms in total. The maximum atomic E-state index is 16.1. The second-order valence-electron chi connectivity index (χ2n) is 10.1. The topological polar surface area (TPSA) is 60.7 Å². The van der Waals surface area contributed by atoms with Gasteiger partial charge < -0.3 is 24.4 Å². The molecule has 3 aliphatic heterocycles. The molecule has 3 aliphatic rings. The van der Waals surface area contributed by atoms with E-state index in [0.717, 1.165) is 44.8 Å². The van der Waals surface area contributed by atoms with Gasteiger partial charge in [0.25, 0.3) is 0 Å². The number of hydrogen-bond donors (Lipinski definition) is 1. The summed E-state index contributed by atoms with van der Waals surface area (Å²) in [6, 6.07) is 7.58. The SMILES string of the molecule is CN(C)C1CN(c2nc(N3CC4CCC(C3)N4)c3cc4oc5cccc(F)c5c4c(F)c3n2)C1. The summed E-state index contributed by atoms with van der Waals surface area (Å²) < 4.78 is 36.7. The van der Waals surface area contributed by atoms with Crippen molar-refractivity contribution in [3.8, 4) is 0 Å². The summed E-state index contributed by atoms with van der Waals surface area (Å²) in [5.74, 6) is 0.203. The van der Waals surface area contributed by atoms with Gasteiger partial charge in [-0.15, -0.1) is 0 Å². The first-order valence-electron chi connectivity index (χ1n) is 11.9. The third kappa shape index (κ3) is 2.93. The van der Waals surface area contributed by atoms with Gasteiger partial charge in [0.05, 0.1) is 10.8 Å². The summed E-state index contributed by atoms with van der Waals surface area (Å²) in [6.45, 7) is 3.21. The van der Waals surface area contributed by atoms with Crippen molar-refractivity contribution in [3.63, 3.8) is 0 Å². The smallest absolute Gasteiger partial charge is 0.228 e. The molecule has 2 bridgehead atoms. The van der Waals surface area contributed by atoms with Crippen LogP contribution in [-0.4, -0.2) is 73.3 Å². The molecule has 3 saturated heterocycles. The number of nitrogens with one attached hydrogen (secondary N) is 1. The number of hydrogen-bond acceptors (Lipinski definition) is 7. The van der Waals surface area contributed by atoms with E-state index in [4.69, 9.17) is 9.40 Å². The van der Waals surface area contributed by atoms with E-state index in [1.807, 2.05) is 0 Å². The van der Waals surface area contributed by atoms with E-state index in [1.54, 1.807) is 18.2 Å². The molecule has 2 aromatic carbocycles. The lowest BCUT2D eigenvalue weighted by atomic mass is 10.1. The summed E-state index contributed by atoms with van der Waals surface area (Å²) in [6.07, 6.45) is 2.27. The Hall–Kier alpha value is -3.04. The van der Waals surface area contributed by atoms with Gasteiger partial charge in [-0.05, 0) is 45.1 Å². The highest BCUT2D eigenvalue weighted by atomic mass is 19.1. The first-order chi connectivity index (χ1) is 16.5. The third-order valence-electron chi connectivity index (χ3n) is 7.70. The van der Waals surface area contributed by atoms with Gasteiger partial charge in [0.1, 0.15) is 28.3 Å². The fourth-order valence-electron chi connectivity index (χ4n) is 5.74. The Kier molecular flexibility index (Phi) is 4.32. The lowest BCUT2D eigenvalue weighted by molar-refractivity contribution is 0.245. The van der Waals surface area contributed by atoms with Crippen LogP contribution in [0, 0.1) is 11.6 Å². The van der Waals surface area contributed by atoms with E-state index in [1.165, 1.54) is 6.07 Å². The molecule has 3 fully saturated rings. The predicted octanol–water partition coefficient (Wildman–Crippen LogP) is 3.50. The summed E-state index contributed by atoms with van der Waals surface area (Å²) in [4.78, 5) is 16.2. The lowest BCUT2D eigenvalue weighted by Crippen LogP contribution is -2.58. The van der Waals surface area contributed by atoms with E-state index in [2.05, 4.69) is 39.1 Å². The summed E-state index contributed by atoms with van der Waals surface area (Å²) in [5.41, 5.74) is 0.866. The van der Waals surface area contributed by atoms with Crippen LogP contribution in [-0.2, 0) is 0 Å². The van der Waals surface area contributed by atoms with Gasteiger partial charge in [0, 0.05) is 49.7 Å². The van der Waals surface area contributed by atoms with E-state index >= 15 is 4.39 Å². The molecule has 2 aromatic heterocycles. The molecule has 0 spiro atoms. The zero-order valence-corrected chi connectivity index (χ0v) is 19.2. The number of rotatable bonds is 3. The van der Waals surface area contributed by atoms with E-state index in [0.29, 0.717) is 40.6 Å². The van der Waals surface area contributed by atoms with E-state index < -0.39 is 11.6 Å². The zero-order chi connectivity index (χ0) is 23.1. The zero-order valence-electron chi connectivity index (χ0n) is 19.2. The highest BCUT2D eigenvalue weighted by molar-refractivity contribution is 6.11. The number of aromatic nitrogens is 2. The second kappa shape index (κ2) is 7.23. The Morgan fingerprint density at radius 1 is 0.971 bits per heavy atom. The van der Waals surface area contributed by atoms with Crippen molar-refractivity contribution < 1.29 is 13.2 Å². The van der Waals surface area contributed by atoms with Gasteiger partial charge in [-0.2, -0.15) is 4.98 Å². The molecular formula is C25H26F2N6O. The van der Waals surface area contributed by atoms with Gasteiger partial charge in [-0.1, -0.05) is 6.07 Å². The number of fused-ring (bicyclic) bond motifs is 6. The van der Waals surface area contributed by atoms with Crippen LogP contribution in [0.3, 0.4) is 0 Å². The minimum atomic E-state index is -0.552. The number of nitrogens with zero attached hydrogens (tertiary/aromatic N) is 5. The molecule has 0 aliphatic carbocycles. The van der Waals surface area contributed by atoms with Crippen molar-refractivity contribution >= 4 is 44.6 Å². The van der Waals surface area contributed by atoms with Crippen LogP contribution in [0.2, 0.25) is 0 Å². The highest BCUT2D eigenvalue weighted by Gasteiger charge is 2.36. The summed E-state index contributed by atoms with van der Waals surface area (Å²) in [7, 11) is 4.11. The number of anilines is 2. The Balaban J connectivity index is 1.45. The van der Waals surface area contributed by atoms with Crippen molar-refractivity contribution in [3.05, 3.63) is 35.9 Å². The van der Waals surface area contributed by atoms with Crippen LogP contribution in [0.5, 0.6) is 0 Å². The van der Waals surface area contributed by atoms with Crippen molar-refractivity contribution in [2.75, 3.05) is 50.1 Å². The van der Waals surface area contributed by atoms with Crippen molar-refractivity contribution in [2.24, 2.45) is 0 Å². The fraction of sp³-hybridized carbons (Fsp3) is 0.440. The molecule has 2 atom stereocenters. The summed E-state index contributed by atoms with van der Waals surface area (Å²) in [5, 5.41) is 4.56. The maximum absolute atomic E-state index is 16.1. The average Bonchev–Trinajstić information content (AvgIpc) is 3.32. The Bertz CT molecular complexity index is 1430. The lowest BCUT2D eigenvalue weighted by Gasteiger charge is -2.43. The third-order valence-corrected chi connectivity index (χ3v) is 7.70. The van der Waals surface area contributed by atoms with Crippen molar-refractivity contribution in [2.45, 2.75) is 31.0 Å². The Labute approximate surface area is 195 Å². The quantitative estimate of drug-likeness (QED) is 0.498. The Morgan fingerprint density at radius 3 is 2.47 bits per heavy atom. The van der Waals surface area contributed by atoms with Crippen LogP contribution in [0.4, 0.5) is 20.5 Å². The molecule has 7 rings (SSSR count). The first-order valence-corrected chi connectivity index (χ1v) is 11.9. The molecule has 5 heterocycles.